The number of aliphatic hydroxyl groups is 3. The second-order valence-corrected chi connectivity index (χ2v) is 10.2. The molecule has 0 atom stereocenters. The van der Waals surface area contributed by atoms with Gasteiger partial charge in [0.15, 0.2) is 11.0 Å². The van der Waals surface area contributed by atoms with E-state index in [1.807, 2.05) is 24.3 Å². The molecule has 0 aliphatic carbocycles. The number of amides is 1. The lowest BCUT2D eigenvalue weighted by Crippen LogP contribution is -2.36. The highest BCUT2D eigenvalue weighted by Crippen LogP contribution is 2.31. The van der Waals surface area contributed by atoms with Gasteiger partial charge in [-0.05, 0) is 41.5 Å². The smallest absolute Gasteiger partial charge is 0.224 e. The van der Waals surface area contributed by atoms with E-state index in [0.29, 0.717) is 41.1 Å². The second kappa shape index (κ2) is 11.0. The largest absolute Gasteiger partial charge is 0.393 e. The van der Waals surface area contributed by atoms with Crippen LogP contribution in [0.15, 0.2) is 53.5 Å². The number of rotatable bonds is 9. The van der Waals surface area contributed by atoms with Crippen molar-refractivity contribution in [3.05, 3.63) is 86.3 Å². The summed E-state index contributed by atoms with van der Waals surface area (Å²) in [4.78, 5) is 28.7. The van der Waals surface area contributed by atoms with Crippen LogP contribution >= 0.6 is 11.6 Å². The number of benzene rings is 2. The number of pyridine rings is 1. The number of carbonyl (C=O) groups excluding carboxylic acids is 1. The lowest BCUT2D eigenvalue weighted by molar-refractivity contribution is -0.120. The van der Waals surface area contributed by atoms with Gasteiger partial charge in [-0.1, -0.05) is 23.7 Å². The van der Waals surface area contributed by atoms with E-state index in [4.69, 9.17) is 16.3 Å². The molecule has 4 N–H and O–H groups in total. The molecule has 9 nitrogen and oxygen atoms in total. The van der Waals surface area contributed by atoms with E-state index in [0.717, 1.165) is 24.2 Å². The highest BCUT2D eigenvalue weighted by Gasteiger charge is 2.32. The summed E-state index contributed by atoms with van der Waals surface area (Å²) in [7, 11) is 0. The summed E-state index contributed by atoms with van der Waals surface area (Å²) in [5.41, 5.74) is 0.641. The third kappa shape index (κ3) is 5.26. The second-order valence-electron chi connectivity index (χ2n) is 9.78. The number of hydrogen-bond acceptors (Lipinski definition) is 7. The number of aliphatic hydroxyl groups excluding tert-OH is 2. The average molecular weight is 540 g/mol. The van der Waals surface area contributed by atoms with Crippen molar-refractivity contribution in [2.24, 2.45) is 0 Å². The monoisotopic (exact) mass is 539 g/mol. The van der Waals surface area contributed by atoms with E-state index in [1.165, 1.54) is 6.20 Å². The predicted molar refractivity (Wildman–Crippen MR) is 144 cm³/mol. The Morgan fingerprint density at radius 3 is 2.45 bits per heavy atom. The minimum atomic E-state index is -1.93. The van der Waals surface area contributed by atoms with Crippen molar-refractivity contribution in [1.82, 2.24) is 14.6 Å². The number of aromatic nitrogens is 1. The van der Waals surface area contributed by atoms with E-state index < -0.39 is 18.8 Å². The van der Waals surface area contributed by atoms with Crippen LogP contribution in [0.25, 0.3) is 16.3 Å². The zero-order valence-electron chi connectivity index (χ0n) is 20.8. The van der Waals surface area contributed by atoms with Crippen LogP contribution in [0.1, 0.15) is 22.4 Å². The maximum Gasteiger partial charge on any atom is 0.224 e. The van der Waals surface area contributed by atoms with Crippen LogP contribution in [-0.2, 0) is 34.6 Å². The Balaban J connectivity index is 1.53. The molecule has 200 valence electrons. The van der Waals surface area contributed by atoms with E-state index in [2.05, 4.69) is 10.2 Å². The Labute approximate surface area is 224 Å². The molecule has 0 spiro atoms. The zero-order valence-corrected chi connectivity index (χ0v) is 21.6. The predicted octanol–water partition coefficient (Wildman–Crippen LogP) is 1.41. The van der Waals surface area contributed by atoms with Gasteiger partial charge in [-0.3, -0.25) is 14.5 Å². The molecule has 0 unspecified atom stereocenters. The van der Waals surface area contributed by atoms with Crippen molar-refractivity contribution in [1.29, 1.82) is 0 Å². The average Bonchev–Trinajstić information content (AvgIpc) is 3.30. The fourth-order valence-electron chi connectivity index (χ4n) is 4.97. The number of halogens is 1. The summed E-state index contributed by atoms with van der Waals surface area (Å²) >= 11 is 5.92. The Bertz CT molecular complexity index is 1490. The van der Waals surface area contributed by atoms with Crippen molar-refractivity contribution in [2.75, 3.05) is 39.5 Å². The molecule has 4 aromatic rings. The number of ether oxygens (including phenoxy) is 1. The Morgan fingerprint density at radius 2 is 1.76 bits per heavy atom. The number of morpholine rings is 1. The summed E-state index contributed by atoms with van der Waals surface area (Å²) in [5.74, 6) is -0.336. The first kappa shape index (κ1) is 26.6. The molecule has 1 fully saturated rings. The van der Waals surface area contributed by atoms with E-state index >= 15 is 0 Å². The first-order chi connectivity index (χ1) is 18.3. The Hall–Kier alpha value is -3.05. The summed E-state index contributed by atoms with van der Waals surface area (Å²) in [5, 5.41) is 35.3. The molecule has 1 aliphatic rings. The molecule has 38 heavy (non-hydrogen) atoms. The molecular weight excluding hydrogens is 510 g/mol. The minimum Gasteiger partial charge on any atom is -0.393 e. The zero-order chi connectivity index (χ0) is 26.9. The number of carbonyl (C=O) groups is 1. The Morgan fingerprint density at radius 1 is 1.05 bits per heavy atom. The van der Waals surface area contributed by atoms with Crippen molar-refractivity contribution >= 4 is 33.8 Å². The van der Waals surface area contributed by atoms with Gasteiger partial charge in [0.2, 0.25) is 5.91 Å². The third-order valence-electron chi connectivity index (χ3n) is 7.08. The molecule has 0 radical (unpaired) electrons. The van der Waals surface area contributed by atoms with Gasteiger partial charge in [0.25, 0.3) is 0 Å². The first-order valence-corrected chi connectivity index (χ1v) is 12.9. The Kier molecular flexibility index (Phi) is 7.67. The van der Waals surface area contributed by atoms with E-state index in [9.17, 15) is 24.9 Å². The molecule has 2 aromatic heterocycles. The van der Waals surface area contributed by atoms with E-state index in [-0.39, 0.29) is 35.6 Å². The summed E-state index contributed by atoms with van der Waals surface area (Å²) in [6, 6.07) is 12.6. The molecular formula is C28H30ClN3O6. The SMILES string of the molecule is O=C(Cc1cn2c(C(O)(CO)CO)cc3cc(CN4CCOCC4)cc(c1=O)c32)NCc1ccc(Cl)cc1. The maximum absolute atomic E-state index is 13.6. The molecule has 1 aliphatic heterocycles. The van der Waals surface area contributed by atoms with Gasteiger partial charge in [-0.2, -0.15) is 0 Å². The maximum atomic E-state index is 13.6. The highest BCUT2D eigenvalue weighted by molar-refractivity contribution is 6.30. The normalized spacial score (nSPS) is 14.9. The van der Waals surface area contributed by atoms with Gasteiger partial charge < -0.3 is 29.8 Å². The van der Waals surface area contributed by atoms with Gasteiger partial charge in [0.05, 0.1) is 44.1 Å². The van der Waals surface area contributed by atoms with Gasteiger partial charge in [-0.25, -0.2) is 0 Å². The molecule has 2 aromatic carbocycles. The van der Waals surface area contributed by atoms with Crippen molar-refractivity contribution in [3.63, 3.8) is 0 Å². The van der Waals surface area contributed by atoms with Gasteiger partial charge in [0.1, 0.15) is 0 Å². The van der Waals surface area contributed by atoms with Crippen LogP contribution in [0, 0.1) is 0 Å². The van der Waals surface area contributed by atoms with Crippen LogP contribution in [0.4, 0.5) is 0 Å². The molecule has 0 bridgehead atoms. The van der Waals surface area contributed by atoms with Crippen LogP contribution in [-0.4, -0.2) is 70.0 Å². The fraction of sp³-hybridized carbons (Fsp3) is 0.357. The van der Waals surface area contributed by atoms with Crippen molar-refractivity contribution in [2.45, 2.75) is 25.1 Å². The van der Waals surface area contributed by atoms with Crippen LogP contribution in [0.5, 0.6) is 0 Å². The molecule has 0 saturated carbocycles. The molecule has 1 amide bonds. The fourth-order valence-corrected chi connectivity index (χ4v) is 5.10. The minimum absolute atomic E-state index is 0.171. The highest BCUT2D eigenvalue weighted by atomic mass is 35.5. The van der Waals surface area contributed by atoms with Gasteiger partial charge in [0, 0.05) is 53.7 Å². The number of nitrogens with zero attached hydrogens (tertiary/aromatic N) is 2. The van der Waals surface area contributed by atoms with Crippen LogP contribution < -0.4 is 10.7 Å². The molecule has 1 saturated heterocycles. The number of hydrogen-bond donors (Lipinski definition) is 4. The third-order valence-corrected chi connectivity index (χ3v) is 7.33. The summed E-state index contributed by atoms with van der Waals surface area (Å²) in [6.45, 7) is 2.32. The van der Waals surface area contributed by atoms with Crippen LogP contribution in [0.3, 0.4) is 0 Å². The summed E-state index contributed by atoms with van der Waals surface area (Å²) in [6.07, 6.45) is 1.35. The molecule has 3 heterocycles. The van der Waals surface area contributed by atoms with Crippen molar-refractivity contribution in [3.8, 4) is 0 Å². The molecule has 10 heteroatoms. The van der Waals surface area contributed by atoms with Crippen LogP contribution in [0.2, 0.25) is 5.02 Å². The quantitative estimate of drug-likeness (QED) is 0.253. The van der Waals surface area contributed by atoms with Crippen molar-refractivity contribution < 1.29 is 24.9 Å². The van der Waals surface area contributed by atoms with Gasteiger partial charge in [-0.15, -0.1) is 0 Å². The molecule has 5 rings (SSSR count). The first-order valence-electron chi connectivity index (χ1n) is 12.5. The lowest BCUT2D eigenvalue weighted by Gasteiger charge is -2.26. The number of nitrogens with one attached hydrogen (secondary N) is 1. The topological polar surface area (TPSA) is 124 Å². The van der Waals surface area contributed by atoms with Gasteiger partial charge >= 0.3 is 0 Å². The lowest BCUT2D eigenvalue weighted by atomic mass is 10.0. The standard InChI is InChI=1S/C28H30ClN3O6/c29-22-3-1-18(2-4-22)13-30-25(35)12-21-15-32-24(28(37,16-33)17-34)11-20-9-19(10-23(26(20)32)27(21)36)14-31-5-7-38-8-6-31/h1-4,9-11,15,33-34,37H,5-8,12-14,16-17H2,(H,30,35). The van der Waals surface area contributed by atoms with E-state index in [1.54, 1.807) is 22.6 Å². The summed E-state index contributed by atoms with van der Waals surface area (Å²) < 4.78 is 7.05.